The Kier molecular flexibility index (Phi) is 8.90. The zero-order chi connectivity index (χ0) is 22.9. The van der Waals surface area contributed by atoms with Gasteiger partial charge < -0.3 is 24.8 Å². The number of hydrogen-bond donors (Lipinski definition) is 2. The molecule has 174 valence electrons. The Morgan fingerprint density at radius 1 is 1.16 bits per heavy atom. The molecule has 2 N–H and O–H groups in total. The zero-order valence-electron chi connectivity index (χ0n) is 18.8. The fraction of sp³-hybridized carbons (Fsp3) is 0.478. The maximum atomic E-state index is 12.8. The van der Waals surface area contributed by atoms with Crippen LogP contribution in [0.4, 0.5) is 0 Å². The van der Waals surface area contributed by atoms with Crippen molar-refractivity contribution in [3.8, 4) is 11.5 Å². The summed E-state index contributed by atoms with van der Waals surface area (Å²) in [4.78, 5) is 27.7. The number of morpholine rings is 1. The van der Waals surface area contributed by atoms with Gasteiger partial charge in [0.15, 0.2) is 11.5 Å². The minimum absolute atomic E-state index is 0.0383. The highest BCUT2D eigenvalue weighted by Gasteiger charge is 2.25. The zero-order valence-corrected chi connectivity index (χ0v) is 19.6. The van der Waals surface area contributed by atoms with Crippen molar-refractivity contribution in [1.82, 2.24) is 15.5 Å². The third kappa shape index (κ3) is 6.44. The van der Waals surface area contributed by atoms with E-state index in [0.29, 0.717) is 31.3 Å². The van der Waals surface area contributed by atoms with E-state index in [-0.39, 0.29) is 30.3 Å². The van der Waals surface area contributed by atoms with Crippen molar-refractivity contribution >= 4 is 23.2 Å². The summed E-state index contributed by atoms with van der Waals surface area (Å²) >= 11 is 1.52. The van der Waals surface area contributed by atoms with Crippen LogP contribution >= 0.6 is 11.3 Å². The van der Waals surface area contributed by atoms with Crippen molar-refractivity contribution in [1.29, 1.82) is 0 Å². The Morgan fingerprint density at radius 3 is 2.53 bits per heavy atom. The molecular formula is C23H31N3O5S. The first-order chi connectivity index (χ1) is 15.5. The number of benzene rings is 1. The molecule has 2 aromatic rings. The molecule has 2 unspecified atom stereocenters. The summed E-state index contributed by atoms with van der Waals surface area (Å²) in [7, 11) is 3.22. The molecule has 8 nitrogen and oxygen atoms in total. The smallest absolute Gasteiger partial charge is 0.222 e. The van der Waals surface area contributed by atoms with E-state index in [1.807, 2.05) is 35.7 Å². The second kappa shape index (κ2) is 11.8. The van der Waals surface area contributed by atoms with E-state index in [0.717, 1.165) is 23.5 Å². The van der Waals surface area contributed by atoms with Gasteiger partial charge in [0, 0.05) is 31.4 Å². The lowest BCUT2D eigenvalue weighted by Gasteiger charge is -2.35. The van der Waals surface area contributed by atoms with Gasteiger partial charge >= 0.3 is 0 Å². The predicted octanol–water partition coefficient (Wildman–Crippen LogP) is 2.52. The minimum Gasteiger partial charge on any atom is -0.493 e. The van der Waals surface area contributed by atoms with Crippen LogP contribution in [0.1, 0.15) is 35.9 Å². The van der Waals surface area contributed by atoms with E-state index in [1.54, 1.807) is 14.2 Å². The van der Waals surface area contributed by atoms with E-state index in [9.17, 15) is 9.59 Å². The monoisotopic (exact) mass is 461 g/mol. The van der Waals surface area contributed by atoms with Gasteiger partial charge in [-0.1, -0.05) is 12.1 Å². The number of hydrogen-bond acceptors (Lipinski definition) is 7. The van der Waals surface area contributed by atoms with Crippen LogP contribution in [-0.4, -0.2) is 63.8 Å². The van der Waals surface area contributed by atoms with Gasteiger partial charge in [-0.25, -0.2) is 0 Å². The average Bonchev–Trinajstić information content (AvgIpc) is 3.34. The summed E-state index contributed by atoms with van der Waals surface area (Å²) in [5.74, 6) is 1.04. The van der Waals surface area contributed by atoms with E-state index < -0.39 is 0 Å². The molecule has 2 amide bonds. The molecule has 1 aromatic carbocycles. The molecular weight excluding hydrogens is 430 g/mol. The molecule has 1 aliphatic heterocycles. The van der Waals surface area contributed by atoms with Gasteiger partial charge in [-0.15, -0.1) is 11.3 Å². The first-order valence-corrected chi connectivity index (χ1v) is 11.5. The first-order valence-electron chi connectivity index (χ1n) is 10.6. The summed E-state index contributed by atoms with van der Waals surface area (Å²) in [5, 5.41) is 7.89. The van der Waals surface area contributed by atoms with Gasteiger partial charge in [0.25, 0.3) is 0 Å². The summed E-state index contributed by atoms with van der Waals surface area (Å²) in [6.07, 6.45) is 0.182. The van der Waals surface area contributed by atoms with Crippen LogP contribution in [0.15, 0.2) is 35.7 Å². The van der Waals surface area contributed by atoms with Crippen molar-refractivity contribution in [2.75, 3.05) is 47.1 Å². The van der Waals surface area contributed by atoms with Crippen molar-refractivity contribution in [3.63, 3.8) is 0 Å². The maximum absolute atomic E-state index is 12.8. The summed E-state index contributed by atoms with van der Waals surface area (Å²) < 4.78 is 16.4. The fourth-order valence-electron chi connectivity index (χ4n) is 3.83. The highest BCUT2D eigenvalue weighted by Crippen LogP contribution is 2.32. The van der Waals surface area contributed by atoms with Crippen LogP contribution in [-0.2, 0) is 14.3 Å². The number of nitrogens with one attached hydrogen (secondary N) is 2. The third-order valence-electron chi connectivity index (χ3n) is 5.43. The Hall–Kier alpha value is -2.62. The van der Waals surface area contributed by atoms with Crippen molar-refractivity contribution in [2.45, 2.75) is 25.4 Å². The molecule has 2 heterocycles. The van der Waals surface area contributed by atoms with E-state index >= 15 is 0 Å². The van der Waals surface area contributed by atoms with E-state index in [1.165, 1.54) is 18.3 Å². The lowest BCUT2D eigenvalue weighted by atomic mass is 10.0. The van der Waals surface area contributed by atoms with E-state index in [4.69, 9.17) is 14.2 Å². The minimum atomic E-state index is -0.338. The fourth-order valence-corrected chi connectivity index (χ4v) is 4.61. The van der Waals surface area contributed by atoms with Gasteiger partial charge in [-0.3, -0.25) is 14.5 Å². The van der Waals surface area contributed by atoms with Crippen molar-refractivity contribution < 1.29 is 23.8 Å². The normalized spacial score (nSPS) is 16.1. The molecule has 0 saturated carbocycles. The number of rotatable bonds is 10. The summed E-state index contributed by atoms with van der Waals surface area (Å²) in [6, 6.07) is 9.30. The first kappa shape index (κ1) is 24.0. The number of carbonyl (C=O) groups excluding carboxylic acids is 2. The lowest BCUT2D eigenvalue weighted by molar-refractivity contribution is -0.123. The maximum Gasteiger partial charge on any atom is 0.222 e. The molecule has 1 aromatic heterocycles. The van der Waals surface area contributed by atoms with Crippen LogP contribution in [0, 0.1) is 0 Å². The van der Waals surface area contributed by atoms with Gasteiger partial charge in [0.2, 0.25) is 11.8 Å². The van der Waals surface area contributed by atoms with Crippen LogP contribution in [0.2, 0.25) is 0 Å². The number of carbonyl (C=O) groups is 2. The molecule has 2 atom stereocenters. The van der Waals surface area contributed by atoms with Crippen LogP contribution in [0.3, 0.4) is 0 Å². The molecule has 0 bridgehead atoms. The summed E-state index contributed by atoms with van der Waals surface area (Å²) in [6.45, 7) is 4.76. The van der Waals surface area contributed by atoms with Crippen LogP contribution in [0.25, 0.3) is 0 Å². The number of amides is 2. The number of ether oxygens (including phenoxy) is 3. The van der Waals surface area contributed by atoms with Gasteiger partial charge in [0.05, 0.1) is 45.9 Å². The Balaban J connectivity index is 1.72. The highest BCUT2D eigenvalue weighted by molar-refractivity contribution is 7.10. The molecule has 1 saturated heterocycles. The van der Waals surface area contributed by atoms with Gasteiger partial charge in [0.1, 0.15) is 0 Å². The Bertz CT molecular complexity index is 884. The van der Waals surface area contributed by atoms with Crippen molar-refractivity contribution in [2.24, 2.45) is 0 Å². The molecule has 0 radical (unpaired) electrons. The average molecular weight is 462 g/mol. The quantitative estimate of drug-likeness (QED) is 0.565. The second-order valence-corrected chi connectivity index (χ2v) is 8.53. The molecule has 0 spiro atoms. The van der Waals surface area contributed by atoms with Crippen molar-refractivity contribution in [3.05, 3.63) is 46.2 Å². The lowest BCUT2D eigenvalue weighted by Crippen LogP contribution is -2.44. The molecule has 9 heteroatoms. The van der Waals surface area contributed by atoms with Crippen LogP contribution in [0.5, 0.6) is 11.5 Å². The number of thiophene rings is 1. The molecule has 32 heavy (non-hydrogen) atoms. The Morgan fingerprint density at radius 2 is 1.91 bits per heavy atom. The van der Waals surface area contributed by atoms with Gasteiger partial charge in [-0.2, -0.15) is 0 Å². The number of methoxy groups -OCH3 is 2. The van der Waals surface area contributed by atoms with Gasteiger partial charge in [-0.05, 0) is 29.1 Å². The highest BCUT2D eigenvalue weighted by atomic mass is 32.1. The predicted molar refractivity (Wildman–Crippen MR) is 123 cm³/mol. The molecule has 3 rings (SSSR count). The number of nitrogens with zero attached hydrogens (tertiary/aromatic N) is 1. The topological polar surface area (TPSA) is 89.1 Å². The third-order valence-corrected chi connectivity index (χ3v) is 6.41. The molecule has 1 fully saturated rings. The SMILES string of the molecule is COc1ccc(C(CNC(=O)CC(NC(C)=O)c2cccs2)N2CCOCC2)cc1OC. The van der Waals surface area contributed by atoms with E-state index in [2.05, 4.69) is 15.5 Å². The molecule has 1 aliphatic rings. The van der Waals surface area contributed by atoms with Crippen LogP contribution < -0.4 is 20.1 Å². The largest absolute Gasteiger partial charge is 0.493 e. The standard InChI is InChI=1S/C23H31N3O5S/c1-16(27)25-18(22-5-4-12-32-22)14-23(28)24-15-19(26-8-10-31-11-9-26)17-6-7-20(29-2)21(13-17)30-3/h4-7,12-13,18-19H,8-11,14-15H2,1-3H3,(H,24,28)(H,25,27). The second-order valence-electron chi connectivity index (χ2n) is 7.56. The molecule has 0 aliphatic carbocycles. The Labute approximate surface area is 192 Å². The summed E-state index contributed by atoms with van der Waals surface area (Å²) in [5.41, 5.74) is 1.03.